The Morgan fingerprint density at radius 2 is 1.71 bits per heavy atom. The normalized spacial score (nSPS) is 13.2. The van der Waals surface area contributed by atoms with Gasteiger partial charge in [0.25, 0.3) is 0 Å². The van der Waals surface area contributed by atoms with Crippen molar-refractivity contribution in [1.82, 2.24) is 29.3 Å². The van der Waals surface area contributed by atoms with Crippen LogP contribution in [0.5, 0.6) is 5.88 Å². The van der Waals surface area contributed by atoms with Gasteiger partial charge in [0.2, 0.25) is 11.3 Å². The third kappa shape index (κ3) is 4.14. The molecule has 2 aromatic carbocycles. The molecule has 0 unspecified atom stereocenters. The SMILES string of the molecule is Cc1cc(-n2nccc2OCC2CC2)ccc1-n1ccc(=O)c(-c2ccnn2-c2ccccc2)n1. The fourth-order valence-corrected chi connectivity index (χ4v) is 4.09. The van der Waals surface area contributed by atoms with Crippen molar-refractivity contribution in [2.24, 2.45) is 5.92 Å². The van der Waals surface area contributed by atoms with Crippen LogP contribution in [0.4, 0.5) is 0 Å². The van der Waals surface area contributed by atoms with Crippen LogP contribution in [0.1, 0.15) is 18.4 Å². The van der Waals surface area contributed by atoms with Crippen molar-refractivity contribution < 1.29 is 4.74 Å². The van der Waals surface area contributed by atoms with Crippen LogP contribution in [0, 0.1) is 12.8 Å². The van der Waals surface area contributed by atoms with Crippen molar-refractivity contribution in [3.8, 4) is 34.3 Å². The Morgan fingerprint density at radius 1 is 0.914 bits per heavy atom. The standard InChI is InChI=1S/C27H24N6O2/c1-19-17-22(33-26(12-15-29-33)35-18-20-7-8-20)9-10-23(19)31-16-13-25(34)27(30-31)24-11-14-28-32(24)21-5-3-2-4-6-21/h2-6,9-17,20H,7-8,18H2,1H3. The van der Waals surface area contributed by atoms with Gasteiger partial charge in [-0.1, -0.05) is 18.2 Å². The van der Waals surface area contributed by atoms with Crippen LogP contribution in [0.25, 0.3) is 28.5 Å². The second-order valence-electron chi connectivity index (χ2n) is 8.74. The molecule has 0 saturated heterocycles. The van der Waals surface area contributed by atoms with Gasteiger partial charge in [0.1, 0.15) is 0 Å². The second-order valence-corrected chi connectivity index (χ2v) is 8.74. The molecule has 0 spiro atoms. The first-order valence-electron chi connectivity index (χ1n) is 11.7. The topological polar surface area (TPSA) is 79.8 Å². The number of ether oxygens (including phenoxy) is 1. The van der Waals surface area contributed by atoms with Crippen LogP contribution < -0.4 is 10.2 Å². The molecule has 8 heteroatoms. The molecule has 174 valence electrons. The van der Waals surface area contributed by atoms with Gasteiger partial charge in [-0.15, -0.1) is 0 Å². The molecule has 3 heterocycles. The molecule has 0 atom stereocenters. The minimum Gasteiger partial charge on any atom is -0.477 e. The number of hydrogen-bond donors (Lipinski definition) is 0. The molecule has 1 saturated carbocycles. The van der Waals surface area contributed by atoms with Crippen LogP contribution in [-0.2, 0) is 0 Å². The van der Waals surface area contributed by atoms with E-state index in [4.69, 9.17) is 9.84 Å². The summed E-state index contributed by atoms with van der Waals surface area (Å²) in [4.78, 5) is 12.8. The van der Waals surface area contributed by atoms with Gasteiger partial charge < -0.3 is 4.74 Å². The summed E-state index contributed by atoms with van der Waals surface area (Å²) in [6, 6.07) is 20.9. The maximum absolute atomic E-state index is 12.8. The highest BCUT2D eigenvalue weighted by molar-refractivity contribution is 5.57. The third-order valence-corrected chi connectivity index (χ3v) is 6.14. The van der Waals surface area contributed by atoms with Crippen molar-refractivity contribution >= 4 is 0 Å². The van der Waals surface area contributed by atoms with Gasteiger partial charge in [-0.2, -0.15) is 15.3 Å². The molecule has 0 radical (unpaired) electrons. The molecule has 1 fully saturated rings. The zero-order chi connectivity index (χ0) is 23.8. The van der Waals surface area contributed by atoms with Crippen molar-refractivity contribution in [3.05, 3.63) is 101 Å². The first kappa shape index (κ1) is 21.1. The second kappa shape index (κ2) is 8.72. The van der Waals surface area contributed by atoms with E-state index in [0.717, 1.165) is 35.1 Å². The molecule has 8 nitrogen and oxygen atoms in total. The lowest BCUT2D eigenvalue weighted by atomic mass is 10.1. The van der Waals surface area contributed by atoms with E-state index in [0.29, 0.717) is 17.3 Å². The molecule has 3 aromatic heterocycles. The number of rotatable bonds is 7. The van der Waals surface area contributed by atoms with Gasteiger partial charge in [0, 0.05) is 18.3 Å². The van der Waals surface area contributed by atoms with Crippen molar-refractivity contribution in [2.75, 3.05) is 6.61 Å². The lowest BCUT2D eigenvalue weighted by Gasteiger charge is -2.14. The Balaban J connectivity index is 1.34. The average molecular weight is 465 g/mol. The predicted molar refractivity (Wildman–Crippen MR) is 132 cm³/mol. The number of aryl methyl sites for hydroxylation is 1. The third-order valence-electron chi connectivity index (χ3n) is 6.14. The lowest BCUT2D eigenvalue weighted by molar-refractivity contribution is 0.280. The van der Waals surface area contributed by atoms with Crippen molar-refractivity contribution in [2.45, 2.75) is 19.8 Å². The van der Waals surface area contributed by atoms with Gasteiger partial charge in [0.05, 0.1) is 41.8 Å². The number of hydrogen-bond acceptors (Lipinski definition) is 5. The summed E-state index contributed by atoms with van der Waals surface area (Å²) in [6.45, 7) is 2.74. The van der Waals surface area contributed by atoms with Gasteiger partial charge in [-0.25, -0.2) is 14.0 Å². The summed E-state index contributed by atoms with van der Waals surface area (Å²) in [5.41, 5.74) is 4.44. The number of benzene rings is 2. The Kier molecular flexibility index (Phi) is 5.25. The highest BCUT2D eigenvalue weighted by Crippen LogP contribution is 2.30. The molecular weight excluding hydrogens is 440 g/mol. The number of nitrogens with zero attached hydrogens (tertiary/aromatic N) is 6. The van der Waals surface area contributed by atoms with E-state index < -0.39 is 0 Å². The molecular formula is C27H24N6O2. The molecule has 5 aromatic rings. The molecule has 0 N–H and O–H groups in total. The van der Waals surface area contributed by atoms with E-state index >= 15 is 0 Å². The van der Waals surface area contributed by atoms with E-state index in [1.54, 1.807) is 34.0 Å². The fourth-order valence-electron chi connectivity index (χ4n) is 4.09. The molecule has 35 heavy (non-hydrogen) atoms. The monoisotopic (exact) mass is 464 g/mol. The zero-order valence-corrected chi connectivity index (χ0v) is 19.3. The largest absolute Gasteiger partial charge is 0.477 e. The first-order valence-corrected chi connectivity index (χ1v) is 11.7. The number of aromatic nitrogens is 6. The predicted octanol–water partition coefficient (Wildman–Crippen LogP) is 4.37. The van der Waals surface area contributed by atoms with Crippen molar-refractivity contribution in [3.63, 3.8) is 0 Å². The first-order chi connectivity index (χ1) is 17.2. The van der Waals surface area contributed by atoms with E-state index in [1.807, 2.05) is 66.2 Å². The Hall–Kier alpha value is -4.46. The van der Waals surface area contributed by atoms with Crippen LogP contribution >= 0.6 is 0 Å². The number of para-hydroxylation sites is 1. The molecule has 6 rings (SSSR count). The molecule has 0 aliphatic heterocycles. The summed E-state index contributed by atoms with van der Waals surface area (Å²) >= 11 is 0. The quantitative estimate of drug-likeness (QED) is 0.357. The maximum Gasteiger partial charge on any atom is 0.216 e. The summed E-state index contributed by atoms with van der Waals surface area (Å²) in [7, 11) is 0. The minimum absolute atomic E-state index is 0.165. The Bertz CT molecular complexity index is 1550. The van der Waals surface area contributed by atoms with Gasteiger partial charge >= 0.3 is 0 Å². The van der Waals surface area contributed by atoms with E-state index in [2.05, 4.69) is 10.2 Å². The maximum atomic E-state index is 12.8. The van der Waals surface area contributed by atoms with Crippen molar-refractivity contribution in [1.29, 1.82) is 0 Å². The van der Waals surface area contributed by atoms with Gasteiger partial charge in [-0.05, 0) is 67.6 Å². The summed E-state index contributed by atoms with van der Waals surface area (Å²) in [5, 5.41) is 13.5. The van der Waals surface area contributed by atoms with E-state index in [-0.39, 0.29) is 5.43 Å². The van der Waals surface area contributed by atoms with Gasteiger partial charge in [0.15, 0.2) is 5.69 Å². The minimum atomic E-state index is -0.165. The highest BCUT2D eigenvalue weighted by atomic mass is 16.5. The molecule has 0 bridgehead atoms. The molecule has 1 aliphatic carbocycles. The fraction of sp³-hybridized carbons (Fsp3) is 0.185. The average Bonchev–Trinajstić information content (AvgIpc) is 3.37. The molecule has 0 amide bonds. The van der Waals surface area contributed by atoms with Gasteiger partial charge in [-0.3, -0.25) is 4.79 Å². The molecule has 1 aliphatic rings. The van der Waals surface area contributed by atoms with Crippen LogP contribution in [0.15, 0.2) is 90.1 Å². The summed E-state index contributed by atoms with van der Waals surface area (Å²) in [5.74, 6) is 1.41. The zero-order valence-electron chi connectivity index (χ0n) is 19.3. The highest BCUT2D eigenvalue weighted by Gasteiger charge is 2.23. The van der Waals surface area contributed by atoms with Crippen LogP contribution in [0.2, 0.25) is 0 Å². The summed E-state index contributed by atoms with van der Waals surface area (Å²) in [6.07, 6.45) is 7.59. The van der Waals surface area contributed by atoms with E-state index in [9.17, 15) is 4.79 Å². The van der Waals surface area contributed by atoms with Crippen LogP contribution in [0.3, 0.4) is 0 Å². The van der Waals surface area contributed by atoms with E-state index in [1.165, 1.54) is 18.9 Å². The Morgan fingerprint density at radius 3 is 2.51 bits per heavy atom. The van der Waals surface area contributed by atoms with Crippen LogP contribution in [-0.4, -0.2) is 35.9 Å². The smallest absolute Gasteiger partial charge is 0.216 e. The Labute approximate surface area is 202 Å². The summed E-state index contributed by atoms with van der Waals surface area (Å²) < 4.78 is 11.2. The lowest BCUT2D eigenvalue weighted by Crippen LogP contribution is -2.15.